The lowest BCUT2D eigenvalue weighted by atomic mass is 9.99. The molecule has 1 amide bonds. The number of hydrogen-bond acceptors (Lipinski definition) is 7. The molecule has 11 heteroatoms. The van der Waals surface area contributed by atoms with E-state index >= 15 is 4.39 Å². The quantitative estimate of drug-likeness (QED) is 0.505. The molecule has 3 aromatic heterocycles. The van der Waals surface area contributed by atoms with Gasteiger partial charge >= 0.3 is 0 Å². The van der Waals surface area contributed by atoms with E-state index in [2.05, 4.69) is 19.9 Å². The average molecular weight is 541 g/mol. The Hall–Kier alpha value is -3.44. The van der Waals surface area contributed by atoms with Crippen molar-refractivity contribution in [3.8, 4) is 11.4 Å². The molecule has 4 heterocycles. The highest BCUT2D eigenvalue weighted by molar-refractivity contribution is 5.97. The van der Waals surface area contributed by atoms with E-state index in [0.29, 0.717) is 12.1 Å². The Morgan fingerprint density at radius 1 is 1.10 bits per heavy atom. The number of pyridine rings is 2. The van der Waals surface area contributed by atoms with Gasteiger partial charge in [0.15, 0.2) is 11.6 Å². The van der Waals surface area contributed by atoms with Crippen molar-refractivity contribution in [3.05, 3.63) is 70.8 Å². The van der Waals surface area contributed by atoms with Gasteiger partial charge in [0.1, 0.15) is 22.9 Å². The summed E-state index contributed by atoms with van der Waals surface area (Å²) in [4.78, 5) is 34.0. The van der Waals surface area contributed by atoms with Crippen LogP contribution in [-0.2, 0) is 12.1 Å². The third-order valence-electron chi connectivity index (χ3n) is 7.76. The number of hydrogen-bond donors (Lipinski definition) is 1. The summed E-state index contributed by atoms with van der Waals surface area (Å²) in [6.45, 7) is 7.86. The molecule has 206 valence electrons. The molecule has 0 radical (unpaired) electrons. The van der Waals surface area contributed by atoms with Crippen LogP contribution in [0.1, 0.15) is 61.1 Å². The normalized spacial score (nSPS) is 21.6. The van der Waals surface area contributed by atoms with Crippen LogP contribution in [0.25, 0.3) is 11.4 Å². The van der Waals surface area contributed by atoms with Crippen LogP contribution in [0.5, 0.6) is 0 Å². The van der Waals surface area contributed by atoms with Gasteiger partial charge in [-0.3, -0.25) is 19.7 Å². The zero-order valence-electron chi connectivity index (χ0n) is 22.3. The monoisotopic (exact) mass is 540 g/mol. The molecule has 1 aliphatic heterocycles. The fourth-order valence-corrected chi connectivity index (χ4v) is 5.17. The Balaban J connectivity index is 1.39. The van der Waals surface area contributed by atoms with Crippen molar-refractivity contribution in [3.63, 3.8) is 0 Å². The van der Waals surface area contributed by atoms with Crippen LogP contribution < -0.4 is 0 Å². The van der Waals surface area contributed by atoms with E-state index in [4.69, 9.17) is 0 Å². The molecule has 2 fully saturated rings. The van der Waals surface area contributed by atoms with Crippen LogP contribution in [0.15, 0.2) is 30.7 Å². The average Bonchev–Trinajstić information content (AvgIpc) is 3.74. The second kappa shape index (κ2) is 10.3. The van der Waals surface area contributed by atoms with E-state index in [1.165, 1.54) is 18.5 Å². The first-order valence-corrected chi connectivity index (χ1v) is 13.0. The van der Waals surface area contributed by atoms with Gasteiger partial charge in [-0.25, -0.2) is 23.1 Å². The topological polar surface area (TPSA) is 95.3 Å². The number of amides is 1. The summed E-state index contributed by atoms with van der Waals surface area (Å²) in [7, 11) is 0. The molecule has 2 aliphatic rings. The zero-order valence-corrected chi connectivity index (χ0v) is 22.3. The molecular weight excluding hydrogens is 509 g/mol. The van der Waals surface area contributed by atoms with Crippen molar-refractivity contribution in [1.82, 2.24) is 29.7 Å². The second-order valence-corrected chi connectivity index (χ2v) is 10.8. The Morgan fingerprint density at radius 3 is 2.54 bits per heavy atom. The molecule has 8 nitrogen and oxygen atoms in total. The predicted octanol–water partition coefficient (Wildman–Crippen LogP) is 4.01. The number of aromatic nitrogens is 4. The van der Waals surface area contributed by atoms with Gasteiger partial charge in [0.2, 0.25) is 0 Å². The summed E-state index contributed by atoms with van der Waals surface area (Å²) in [5.74, 6) is -2.47. The minimum absolute atomic E-state index is 0.0539. The second-order valence-electron chi connectivity index (χ2n) is 10.8. The van der Waals surface area contributed by atoms with Gasteiger partial charge in [-0.15, -0.1) is 0 Å². The maximum Gasteiger partial charge on any atom is 0.257 e. The van der Waals surface area contributed by atoms with Crippen LogP contribution in [0.3, 0.4) is 0 Å². The minimum atomic E-state index is -1.23. The lowest BCUT2D eigenvalue weighted by molar-refractivity contribution is 0.0239. The fraction of sp³-hybridized carbons (Fsp3) is 0.464. The molecule has 1 N–H and O–H groups in total. The number of halogens is 3. The van der Waals surface area contributed by atoms with E-state index in [9.17, 15) is 18.7 Å². The zero-order chi connectivity index (χ0) is 28.1. The number of piperazine rings is 1. The van der Waals surface area contributed by atoms with Crippen LogP contribution >= 0.6 is 0 Å². The highest BCUT2D eigenvalue weighted by Crippen LogP contribution is 2.44. The standard InChI is InChI=1S/C28H31F3N6O2/c1-15-10-34-25(21-7-8-32-27(35-21)28(4,39)18-5-6-18)24(31)23(15)26(38)37-13-16(2)36(12-17(37)3)14-22-20(30)9-19(29)11-33-22/h7-11,16-18,39H,5-6,12-14H2,1-4H3/t16-,17+,28+/m0/s1. The lowest BCUT2D eigenvalue weighted by Gasteiger charge is -2.44. The van der Waals surface area contributed by atoms with Crippen LogP contribution in [0, 0.1) is 30.3 Å². The summed E-state index contributed by atoms with van der Waals surface area (Å²) in [6, 6.07) is 1.81. The molecule has 3 atom stereocenters. The van der Waals surface area contributed by atoms with Gasteiger partial charge in [0.25, 0.3) is 5.91 Å². The number of carbonyl (C=O) groups is 1. The third kappa shape index (κ3) is 5.25. The van der Waals surface area contributed by atoms with Crippen molar-refractivity contribution >= 4 is 5.91 Å². The SMILES string of the molecule is Cc1cnc(-c2ccnc([C@](C)(O)C3CC3)n2)c(F)c1C(=O)N1C[C@H](C)N(Cc2ncc(F)cc2F)C[C@H]1C. The van der Waals surface area contributed by atoms with Crippen molar-refractivity contribution in [2.75, 3.05) is 13.1 Å². The molecule has 1 saturated carbocycles. The number of aryl methyl sites for hydroxylation is 1. The summed E-state index contributed by atoms with van der Waals surface area (Å²) in [5, 5.41) is 10.9. The maximum atomic E-state index is 16.0. The maximum absolute atomic E-state index is 16.0. The van der Waals surface area contributed by atoms with E-state index in [1.54, 1.807) is 18.7 Å². The molecule has 3 aromatic rings. The van der Waals surface area contributed by atoms with Crippen molar-refractivity contribution < 1.29 is 23.1 Å². The van der Waals surface area contributed by atoms with Crippen LogP contribution in [-0.4, -0.2) is 65.9 Å². The molecule has 0 aromatic carbocycles. The van der Waals surface area contributed by atoms with Gasteiger partial charge in [-0.05, 0) is 58.1 Å². The van der Waals surface area contributed by atoms with Gasteiger partial charge in [0, 0.05) is 50.2 Å². The summed E-state index contributed by atoms with van der Waals surface area (Å²) < 4.78 is 43.4. The molecule has 0 bridgehead atoms. The predicted molar refractivity (Wildman–Crippen MR) is 137 cm³/mol. The van der Waals surface area contributed by atoms with E-state index < -0.39 is 29.0 Å². The van der Waals surface area contributed by atoms with Gasteiger partial charge in [0.05, 0.1) is 23.1 Å². The Morgan fingerprint density at radius 2 is 1.85 bits per heavy atom. The lowest BCUT2D eigenvalue weighted by Crippen LogP contribution is -2.57. The molecular formula is C28H31F3N6O2. The van der Waals surface area contributed by atoms with Gasteiger partial charge in [-0.1, -0.05) is 0 Å². The van der Waals surface area contributed by atoms with E-state index in [-0.39, 0.29) is 59.6 Å². The van der Waals surface area contributed by atoms with Gasteiger partial charge in [-0.2, -0.15) is 0 Å². The summed E-state index contributed by atoms with van der Waals surface area (Å²) in [5.41, 5.74) is -0.703. The minimum Gasteiger partial charge on any atom is -0.382 e. The van der Waals surface area contributed by atoms with Crippen molar-refractivity contribution in [2.24, 2.45) is 5.92 Å². The summed E-state index contributed by atoms with van der Waals surface area (Å²) >= 11 is 0. The van der Waals surface area contributed by atoms with Crippen molar-refractivity contribution in [1.29, 1.82) is 0 Å². The number of nitrogens with zero attached hydrogens (tertiary/aromatic N) is 6. The van der Waals surface area contributed by atoms with Crippen molar-refractivity contribution in [2.45, 2.75) is 64.8 Å². The van der Waals surface area contributed by atoms with Gasteiger partial charge < -0.3 is 10.0 Å². The molecule has 5 rings (SSSR count). The highest BCUT2D eigenvalue weighted by Gasteiger charge is 2.43. The number of aliphatic hydroxyl groups is 1. The van der Waals surface area contributed by atoms with Crippen LogP contribution in [0.4, 0.5) is 13.2 Å². The van der Waals surface area contributed by atoms with Crippen LogP contribution in [0.2, 0.25) is 0 Å². The van der Waals surface area contributed by atoms with E-state index in [1.807, 2.05) is 18.7 Å². The number of rotatable bonds is 6. The first kappa shape index (κ1) is 27.1. The smallest absolute Gasteiger partial charge is 0.257 e. The Bertz CT molecular complexity index is 1410. The molecule has 0 unspecified atom stereocenters. The fourth-order valence-electron chi connectivity index (χ4n) is 5.17. The highest BCUT2D eigenvalue weighted by atomic mass is 19.1. The largest absolute Gasteiger partial charge is 0.382 e. The number of carbonyl (C=O) groups excluding carboxylic acids is 1. The molecule has 39 heavy (non-hydrogen) atoms. The molecule has 1 saturated heterocycles. The van der Waals surface area contributed by atoms with E-state index in [0.717, 1.165) is 25.1 Å². The Labute approximate surface area is 224 Å². The first-order valence-electron chi connectivity index (χ1n) is 13.0. The molecule has 1 aliphatic carbocycles. The molecule has 0 spiro atoms. The third-order valence-corrected chi connectivity index (χ3v) is 7.76. The first-order chi connectivity index (χ1) is 18.5. The Kier molecular flexibility index (Phi) is 7.15. The summed E-state index contributed by atoms with van der Waals surface area (Å²) in [6.07, 6.45) is 5.62.